The van der Waals surface area contributed by atoms with Gasteiger partial charge in [0.15, 0.2) is 0 Å². The number of hydrogen-bond donors (Lipinski definition) is 1. The van der Waals surface area contributed by atoms with Crippen LogP contribution in [0.15, 0.2) is 53.0 Å². The van der Waals surface area contributed by atoms with E-state index in [1.165, 1.54) is 4.90 Å². The molecular formula is C25H34BrN3O5S. The third-order valence-corrected chi connectivity index (χ3v) is 6.83. The third kappa shape index (κ3) is 8.54. The third-order valence-electron chi connectivity index (χ3n) is 5.21. The van der Waals surface area contributed by atoms with Crippen LogP contribution in [0.4, 0.5) is 5.69 Å². The number of para-hydroxylation sites is 2. The maximum atomic E-state index is 13.6. The van der Waals surface area contributed by atoms with Crippen molar-refractivity contribution in [1.29, 1.82) is 0 Å². The van der Waals surface area contributed by atoms with Gasteiger partial charge in [0.2, 0.25) is 21.8 Å². The number of ether oxygens (including phenoxy) is 1. The first-order valence-corrected chi connectivity index (χ1v) is 14.1. The normalized spacial score (nSPS) is 12.2. The zero-order chi connectivity index (χ0) is 26.2. The number of halogens is 1. The molecule has 0 unspecified atom stereocenters. The molecule has 1 N–H and O–H groups in total. The quantitative estimate of drug-likeness (QED) is 0.420. The van der Waals surface area contributed by atoms with E-state index in [4.69, 9.17) is 4.74 Å². The van der Waals surface area contributed by atoms with E-state index in [0.29, 0.717) is 18.9 Å². The summed E-state index contributed by atoms with van der Waals surface area (Å²) in [6.45, 7) is 7.88. The van der Waals surface area contributed by atoms with Gasteiger partial charge in [-0.3, -0.25) is 13.9 Å². The summed E-state index contributed by atoms with van der Waals surface area (Å²) in [5, 5.41) is 2.86. The highest BCUT2D eigenvalue weighted by Gasteiger charge is 2.31. The van der Waals surface area contributed by atoms with Crippen LogP contribution in [0.5, 0.6) is 5.75 Å². The number of anilines is 1. The fourth-order valence-corrected chi connectivity index (χ4v) is 4.70. The highest BCUT2D eigenvalue weighted by molar-refractivity contribution is 9.10. The van der Waals surface area contributed by atoms with Gasteiger partial charge in [0.05, 0.1) is 18.6 Å². The van der Waals surface area contributed by atoms with Gasteiger partial charge in [0.25, 0.3) is 0 Å². The number of nitrogens with zero attached hydrogens (tertiary/aromatic N) is 2. The lowest BCUT2D eigenvalue weighted by molar-refractivity contribution is -0.139. The van der Waals surface area contributed by atoms with Gasteiger partial charge in [0, 0.05) is 17.6 Å². The summed E-state index contributed by atoms with van der Waals surface area (Å²) in [6.07, 6.45) is 1.04. The molecule has 0 fully saturated rings. The van der Waals surface area contributed by atoms with E-state index < -0.39 is 28.5 Å². The Bertz CT molecular complexity index is 1120. The Morgan fingerprint density at radius 1 is 1.09 bits per heavy atom. The van der Waals surface area contributed by atoms with E-state index in [9.17, 15) is 18.0 Å². The average molecular weight is 569 g/mol. The van der Waals surface area contributed by atoms with E-state index in [-0.39, 0.29) is 24.1 Å². The molecule has 0 saturated carbocycles. The smallest absolute Gasteiger partial charge is 0.244 e. The molecule has 2 aromatic carbocycles. The Hall–Kier alpha value is -2.59. The number of carbonyl (C=O) groups is 2. The second kappa shape index (κ2) is 12.9. The molecule has 0 radical (unpaired) electrons. The number of rotatable bonds is 12. The Kier molecular flexibility index (Phi) is 10.6. The Balaban J connectivity index is 2.41. The lowest BCUT2D eigenvalue weighted by Crippen LogP contribution is -2.51. The highest BCUT2D eigenvalue weighted by atomic mass is 79.9. The van der Waals surface area contributed by atoms with Crippen LogP contribution < -0.4 is 14.4 Å². The van der Waals surface area contributed by atoms with Gasteiger partial charge in [0.1, 0.15) is 18.3 Å². The molecule has 10 heteroatoms. The molecule has 0 spiro atoms. The lowest BCUT2D eigenvalue weighted by atomic mass is 10.1. The van der Waals surface area contributed by atoms with E-state index >= 15 is 0 Å². The Morgan fingerprint density at radius 3 is 2.37 bits per heavy atom. The van der Waals surface area contributed by atoms with Crippen LogP contribution in [-0.4, -0.2) is 57.1 Å². The van der Waals surface area contributed by atoms with Gasteiger partial charge in [-0.2, -0.15) is 0 Å². The Labute approximate surface area is 216 Å². The summed E-state index contributed by atoms with van der Waals surface area (Å²) in [5.74, 6) is -0.206. The monoisotopic (exact) mass is 567 g/mol. The molecule has 1 atom stereocenters. The van der Waals surface area contributed by atoms with Crippen molar-refractivity contribution in [2.24, 2.45) is 5.92 Å². The maximum absolute atomic E-state index is 13.6. The molecule has 8 nitrogen and oxygen atoms in total. The molecule has 0 aliphatic carbocycles. The summed E-state index contributed by atoms with van der Waals surface area (Å²) >= 11 is 3.43. The molecule has 0 saturated heterocycles. The van der Waals surface area contributed by atoms with Crippen molar-refractivity contribution in [2.45, 2.75) is 40.3 Å². The Morgan fingerprint density at radius 2 is 1.77 bits per heavy atom. The zero-order valence-electron chi connectivity index (χ0n) is 20.8. The second-order valence-electron chi connectivity index (χ2n) is 8.64. The molecule has 0 aromatic heterocycles. The first-order valence-electron chi connectivity index (χ1n) is 11.4. The minimum Gasteiger partial charge on any atom is -0.492 e. The first-order chi connectivity index (χ1) is 16.4. The molecule has 192 valence electrons. The lowest BCUT2D eigenvalue weighted by Gasteiger charge is -2.32. The maximum Gasteiger partial charge on any atom is 0.244 e. The molecule has 0 bridgehead atoms. The number of sulfonamides is 1. The van der Waals surface area contributed by atoms with Gasteiger partial charge in [-0.05, 0) is 49.6 Å². The SMILES string of the molecule is CCOc1ccccc1N(CC(=O)N(Cc1cccc(Br)c1)[C@H](C)C(=O)NCC(C)C)S(C)(=O)=O. The fourth-order valence-electron chi connectivity index (χ4n) is 3.40. The largest absolute Gasteiger partial charge is 0.492 e. The standard InChI is InChI=1S/C25H34BrN3O5S/c1-6-34-23-13-8-7-12-22(23)29(35(5,32)33)17-24(30)28(16-20-10-9-11-21(26)14-20)19(4)25(31)27-15-18(2)3/h7-14,18-19H,6,15-17H2,1-5H3,(H,27,31)/t19-/m1/s1. The second-order valence-corrected chi connectivity index (χ2v) is 11.5. The van der Waals surface area contributed by atoms with Crippen LogP contribution in [0, 0.1) is 5.92 Å². The van der Waals surface area contributed by atoms with Gasteiger partial charge >= 0.3 is 0 Å². The summed E-state index contributed by atoms with van der Waals surface area (Å²) in [5.41, 5.74) is 1.07. The summed E-state index contributed by atoms with van der Waals surface area (Å²) in [6, 6.07) is 13.3. The van der Waals surface area contributed by atoms with Crippen LogP contribution in [0.25, 0.3) is 0 Å². The van der Waals surface area contributed by atoms with Gasteiger partial charge in [-0.15, -0.1) is 0 Å². The predicted molar refractivity (Wildman–Crippen MR) is 142 cm³/mol. The number of nitrogens with one attached hydrogen (secondary N) is 1. The van der Waals surface area contributed by atoms with E-state index in [0.717, 1.165) is 20.6 Å². The zero-order valence-corrected chi connectivity index (χ0v) is 23.2. The summed E-state index contributed by atoms with van der Waals surface area (Å²) < 4.78 is 32.9. The number of amides is 2. The minimum absolute atomic E-state index is 0.138. The topological polar surface area (TPSA) is 96.0 Å². The molecule has 0 heterocycles. The molecule has 2 aromatic rings. The van der Waals surface area contributed by atoms with Crippen molar-refractivity contribution in [2.75, 3.05) is 30.3 Å². The van der Waals surface area contributed by atoms with Crippen LogP contribution in [0.2, 0.25) is 0 Å². The van der Waals surface area contributed by atoms with E-state index in [1.54, 1.807) is 38.1 Å². The van der Waals surface area contributed by atoms with E-state index in [1.807, 2.05) is 38.1 Å². The molecule has 35 heavy (non-hydrogen) atoms. The van der Waals surface area contributed by atoms with Crippen LogP contribution in [-0.2, 0) is 26.2 Å². The first kappa shape index (κ1) is 28.6. The molecule has 2 rings (SSSR count). The number of benzene rings is 2. The van der Waals surface area contributed by atoms with Gasteiger partial charge < -0.3 is 15.0 Å². The van der Waals surface area contributed by atoms with Crippen molar-refractivity contribution in [1.82, 2.24) is 10.2 Å². The van der Waals surface area contributed by atoms with Crippen molar-refractivity contribution < 1.29 is 22.7 Å². The van der Waals surface area contributed by atoms with Gasteiger partial charge in [-0.1, -0.05) is 54.0 Å². The predicted octanol–water partition coefficient (Wildman–Crippen LogP) is 3.80. The number of carbonyl (C=O) groups excluding carboxylic acids is 2. The molecular weight excluding hydrogens is 534 g/mol. The highest BCUT2D eigenvalue weighted by Crippen LogP contribution is 2.30. The van der Waals surface area contributed by atoms with Crippen molar-refractivity contribution in [3.05, 3.63) is 58.6 Å². The summed E-state index contributed by atoms with van der Waals surface area (Å²) in [7, 11) is -3.84. The minimum atomic E-state index is -3.84. The fraction of sp³-hybridized carbons (Fsp3) is 0.440. The van der Waals surface area contributed by atoms with Crippen molar-refractivity contribution >= 4 is 43.5 Å². The summed E-state index contributed by atoms with van der Waals surface area (Å²) in [4.78, 5) is 27.9. The van der Waals surface area contributed by atoms with Crippen LogP contribution in [0.3, 0.4) is 0 Å². The molecule has 0 aliphatic heterocycles. The average Bonchev–Trinajstić information content (AvgIpc) is 2.79. The van der Waals surface area contributed by atoms with Crippen LogP contribution in [0.1, 0.15) is 33.3 Å². The van der Waals surface area contributed by atoms with Crippen molar-refractivity contribution in [3.63, 3.8) is 0 Å². The molecule has 2 amide bonds. The molecule has 0 aliphatic rings. The van der Waals surface area contributed by atoms with Crippen LogP contribution >= 0.6 is 15.9 Å². The van der Waals surface area contributed by atoms with E-state index in [2.05, 4.69) is 21.2 Å². The van der Waals surface area contributed by atoms with Crippen molar-refractivity contribution in [3.8, 4) is 5.75 Å². The number of hydrogen-bond acceptors (Lipinski definition) is 5. The van der Waals surface area contributed by atoms with Gasteiger partial charge in [-0.25, -0.2) is 8.42 Å².